The first-order valence-electron chi connectivity index (χ1n) is 4.12. The molecule has 3 atom stereocenters. The van der Waals surface area contributed by atoms with E-state index in [1.807, 2.05) is 14.1 Å². The van der Waals surface area contributed by atoms with E-state index in [4.69, 9.17) is 4.74 Å². The largest absolute Gasteiger partial charge is 0.358 e. The van der Waals surface area contributed by atoms with Crippen LogP contribution in [0.3, 0.4) is 0 Å². The molecule has 80 valence electrons. The Hall–Kier alpha value is 0.0700. The molecule has 6 heteroatoms. The lowest BCUT2D eigenvalue weighted by molar-refractivity contribution is 0.358. The van der Waals surface area contributed by atoms with Gasteiger partial charge in [-0.15, -0.1) is 0 Å². The zero-order valence-electron chi connectivity index (χ0n) is 8.81. The molecule has 1 heterocycles. The highest BCUT2D eigenvalue weighted by atomic mass is 31.2. The SMILES string of the molecule is CNC.C[C@H]1O[C@H]1P(=O)(O)N(C)C. The van der Waals surface area contributed by atoms with Crippen LogP contribution in [0.15, 0.2) is 0 Å². The molecule has 0 aromatic rings. The van der Waals surface area contributed by atoms with E-state index in [0.717, 1.165) is 0 Å². The third kappa shape index (κ3) is 3.75. The van der Waals surface area contributed by atoms with Crippen molar-refractivity contribution < 1.29 is 14.2 Å². The van der Waals surface area contributed by atoms with E-state index in [1.165, 1.54) is 4.67 Å². The van der Waals surface area contributed by atoms with E-state index < -0.39 is 13.4 Å². The molecule has 0 saturated carbocycles. The van der Waals surface area contributed by atoms with Gasteiger partial charge in [0.2, 0.25) is 0 Å². The molecule has 1 aliphatic rings. The van der Waals surface area contributed by atoms with E-state index >= 15 is 0 Å². The monoisotopic (exact) mass is 210 g/mol. The summed E-state index contributed by atoms with van der Waals surface area (Å²) in [5.74, 6) is -0.456. The Kier molecular flexibility index (Phi) is 5.10. The molecule has 0 aromatic carbocycles. The lowest BCUT2D eigenvalue weighted by atomic mass is 10.6. The van der Waals surface area contributed by atoms with Crippen molar-refractivity contribution in [2.45, 2.75) is 18.9 Å². The summed E-state index contributed by atoms with van der Waals surface area (Å²) >= 11 is 0. The van der Waals surface area contributed by atoms with Gasteiger partial charge in [-0.3, -0.25) is 4.57 Å². The second-order valence-corrected chi connectivity index (χ2v) is 5.66. The van der Waals surface area contributed by atoms with Crippen molar-refractivity contribution in [2.75, 3.05) is 28.2 Å². The molecule has 0 amide bonds. The van der Waals surface area contributed by atoms with Crippen LogP contribution < -0.4 is 5.32 Å². The molecule has 1 rings (SSSR count). The molecule has 1 saturated heterocycles. The van der Waals surface area contributed by atoms with Crippen LogP contribution in [0, 0.1) is 0 Å². The van der Waals surface area contributed by atoms with Crippen molar-refractivity contribution in [1.82, 2.24) is 9.99 Å². The zero-order chi connectivity index (χ0) is 10.6. The van der Waals surface area contributed by atoms with E-state index in [-0.39, 0.29) is 6.10 Å². The van der Waals surface area contributed by atoms with Crippen molar-refractivity contribution in [3.63, 3.8) is 0 Å². The van der Waals surface area contributed by atoms with Gasteiger partial charge in [-0.05, 0) is 35.1 Å². The van der Waals surface area contributed by atoms with Gasteiger partial charge < -0.3 is 14.9 Å². The summed E-state index contributed by atoms with van der Waals surface area (Å²) in [6.45, 7) is 1.79. The molecular formula is C7H19N2O3P. The van der Waals surface area contributed by atoms with Gasteiger partial charge in [-0.25, -0.2) is 4.67 Å². The highest BCUT2D eigenvalue weighted by Gasteiger charge is 2.50. The van der Waals surface area contributed by atoms with Gasteiger partial charge in [-0.2, -0.15) is 0 Å². The maximum atomic E-state index is 11.2. The first kappa shape index (κ1) is 13.1. The van der Waals surface area contributed by atoms with Crippen LogP contribution in [-0.2, 0) is 9.30 Å². The topological polar surface area (TPSA) is 65.1 Å². The standard InChI is InChI=1S/C5H12NO3P.C2H7N/c1-4-5(9-4)10(7,8)6(2)3;1-3-2/h4-5H,1-3H3,(H,7,8);3H,1-2H3/t4-,5+;/m1./s1. The predicted molar refractivity (Wildman–Crippen MR) is 52.8 cm³/mol. The second-order valence-electron chi connectivity index (χ2n) is 3.17. The lowest BCUT2D eigenvalue weighted by Crippen LogP contribution is -2.12. The summed E-state index contributed by atoms with van der Waals surface area (Å²) in [4.78, 5) is 9.26. The fraction of sp³-hybridized carbons (Fsp3) is 1.00. The van der Waals surface area contributed by atoms with Crippen molar-refractivity contribution >= 4 is 7.52 Å². The Bertz CT molecular complexity index is 198. The van der Waals surface area contributed by atoms with Crippen LogP contribution >= 0.6 is 7.52 Å². The normalized spacial score (nSPS) is 30.4. The smallest absolute Gasteiger partial charge is 0.300 e. The first-order valence-corrected chi connectivity index (χ1v) is 5.80. The number of rotatable bonds is 2. The lowest BCUT2D eigenvalue weighted by Gasteiger charge is -2.15. The summed E-state index contributed by atoms with van der Waals surface area (Å²) in [7, 11) is 3.74. The van der Waals surface area contributed by atoms with Gasteiger partial charge in [-0.1, -0.05) is 0 Å². The molecule has 1 aliphatic heterocycles. The number of hydrogen-bond acceptors (Lipinski definition) is 3. The maximum Gasteiger partial charge on any atom is 0.300 e. The predicted octanol–water partition coefficient (Wildman–Crippen LogP) is 0.314. The van der Waals surface area contributed by atoms with Crippen LogP contribution in [-0.4, -0.2) is 49.7 Å². The quantitative estimate of drug-likeness (QED) is 0.507. The molecule has 0 bridgehead atoms. The molecular weight excluding hydrogens is 191 g/mol. The summed E-state index contributed by atoms with van der Waals surface area (Å²) < 4.78 is 17.5. The third-order valence-electron chi connectivity index (χ3n) is 1.58. The van der Waals surface area contributed by atoms with E-state index in [2.05, 4.69) is 5.32 Å². The Morgan fingerprint density at radius 2 is 1.77 bits per heavy atom. The van der Waals surface area contributed by atoms with Crippen molar-refractivity contribution in [3.8, 4) is 0 Å². The zero-order valence-corrected chi connectivity index (χ0v) is 9.71. The number of hydrogen-bond donors (Lipinski definition) is 2. The molecule has 0 spiro atoms. The Labute approximate surface area is 79.6 Å². The van der Waals surface area contributed by atoms with Gasteiger partial charge in [0, 0.05) is 0 Å². The molecule has 1 fully saturated rings. The maximum absolute atomic E-state index is 11.2. The molecule has 13 heavy (non-hydrogen) atoms. The van der Waals surface area contributed by atoms with Gasteiger partial charge in [0.15, 0.2) is 5.85 Å². The minimum Gasteiger partial charge on any atom is -0.358 e. The van der Waals surface area contributed by atoms with Gasteiger partial charge in [0.05, 0.1) is 6.10 Å². The molecule has 5 nitrogen and oxygen atoms in total. The Morgan fingerprint density at radius 1 is 1.46 bits per heavy atom. The van der Waals surface area contributed by atoms with Gasteiger partial charge in [0.25, 0.3) is 7.52 Å². The van der Waals surface area contributed by atoms with Crippen LogP contribution in [0.4, 0.5) is 0 Å². The minimum atomic E-state index is -3.17. The molecule has 2 N–H and O–H groups in total. The Morgan fingerprint density at radius 3 is 1.85 bits per heavy atom. The molecule has 0 aromatic heterocycles. The fourth-order valence-electron chi connectivity index (χ4n) is 0.755. The summed E-state index contributed by atoms with van der Waals surface area (Å²) in [6.07, 6.45) is -0.0572. The third-order valence-corrected chi connectivity index (χ3v) is 3.93. The Balaban J connectivity index is 0.000000424. The average molecular weight is 210 g/mol. The summed E-state index contributed by atoms with van der Waals surface area (Å²) in [6, 6.07) is 0. The van der Waals surface area contributed by atoms with E-state index in [9.17, 15) is 9.46 Å². The average Bonchev–Trinajstić information content (AvgIpc) is 2.68. The van der Waals surface area contributed by atoms with Crippen molar-refractivity contribution in [3.05, 3.63) is 0 Å². The molecule has 0 aliphatic carbocycles. The first-order chi connectivity index (χ1) is 5.87. The molecule has 0 radical (unpaired) electrons. The van der Waals surface area contributed by atoms with Gasteiger partial charge >= 0.3 is 0 Å². The van der Waals surface area contributed by atoms with Crippen LogP contribution in [0.5, 0.6) is 0 Å². The van der Waals surface area contributed by atoms with Crippen molar-refractivity contribution in [1.29, 1.82) is 0 Å². The highest BCUT2D eigenvalue weighted by molar-refractivity contribution is 7.56. The summed E-state index contributed by atoms with van der Waals surface area (Å²) in [5.41, 5.74) is 0. The van der Waals surface area contributed by atoms with E-state index in [0.29, 0.717) is 0 Å². The van der Waals surface area contributed by atoms with Crippen LogP contribution in [0.25, 0.3) is 0 Å². The highest BCUT2D eigenvalue weighted by Crippen LogP contribution is 2.57. The second kappa shape index (κ2) is 5.08. The van der Waals surface area contributed by atoms with Crippen molar-refractivity contribution in [2.24, 2.45) is 0 Å². The molecule has 1 unspecified atom stereocenters. The number of ether oxygens (including phenoxy) is 1. The summed E-state index contributed by atoms with van der Waals surface area (Å²) in [5, 5.41) is 2.75. The van der Waals surface area contributed by atoms with Crippen LogP contribution in [0.2, 0.25) is 0 Å². The number of nitrogens with one attached hydrogen (secondary N) is 1. The fourth-order valence-corrected chi connectivity index (χ4v) is 2.11. The number of epoxide rings is 1. The van der Waals surface area contributed by atoms with Gasteiger partial charge in [0.1, 0.15) is 0 Å². The minimum absolute atomic E-state index is 0.0572. The van der Waals surface area contributed by atoms with Crippen LogP contribution in [0.1, 0.15) is 6.92 Å². The number of nitrogens with zero attached hydrogens (tertiary/aromatic N) is 1. The van der Waals surface area contributed by atoms with E-state index in [1.54, 1.807) is 21.0 Å².